The summed E-state index contributed by atoms with van der Waals surface area (Å²) in [5.41, 5.74) is -1.01. The predicted molar refractivity (Wildman–Crippen MR) is 64.5 cm³/mol. The number of hydrogen-bond donors (Lipinski definition) is 1. The molecule has 2 aromatic rings. The number of alkyl halides is 3. The number of carboxylic acids is 1. The molecule has 0 aromatic carbocycles. The molecule has 0 saturated heterocycles. The molecule has 19 heavy (non-hydrogen) atoms. The summed E-state index contributed by atoms with van der Waals surface area (Å²) in [5.74, 6) is -1.23. The minimum absolute atomic E-state index is 0.108. The van der Waals surface area contributed by atoms with Gasteiger partial charge in [0.15, 0.2) is 5.69 Å². The Morgan fingerprint density at radius 1 is 1.53 bits per heavy atom. The number of aromatic carboxylic acids is 1. The Kier molecular flexibility index (Phi) is 3.53. The van der Waals surface area contributed by atoms with Crippen LogP contribution in [0, 0.1) is 0 Å². The van der Waals surface area contributed by atoms with Crippen LogP contribution >= 0.6 is 11.3 Å². The smallest absolute Gasteiger partial charge is 0.435 e. The number of halogens is 3. The topological polar surface area (TPSA) is 55.1 Å². The summed E-state index contributed by atoms with van der Waals surface area (Å²) < 4.78 is 39.8. The third-order valence-electron chi connectivity index (χ3n) is 2.63. The molecule has 0 aliphatic heterocycles. The van der Waals surface area contributed by atoms with E-state index in [2.05, 4.69) is 5.10 Å². The molecule has 104 valence electrons. The molecule has 0 amide bonds. The van der Waals surface area contributed by atoms with E-state index in [4.69, 9.17) is 5.11 Å². The van der Waals surface area contributed by atoms with Crippen molar-refractivity contribution in [1.82, 2.24) is 9.78 Å². The van der Waals surface area contributed by atoms with Crippen molar-refractivity contribution >= 4 is 27.5 Å². The van der Waals surface area contributed by atoms with E-state index >= 15 is 0 Å². The van der Waals surface area contributed by atoms with Gasteiger partial charge in [-0.2, -0.15) is 18.3 Å². The Morgan fingerprint density at radius 2 is 2.21 bits per heavy atom. The number of unbranched alkanes of at least 4 members (excludes halogenated alkanes) is 1. The minimum Gasteiger partial charge on any atom is -0.477 e. The van der Waals surface area contributed by atoms with Crippen molar-refractivity contribution in [3.05, 3.63) is 16.6 Å². The molecule has 8 heteroatoms. The molecule has 0 spiro atoms. The van der Waals surface area contributed by atoms with Crippen molar-refractivity contribution in [3.63, 3.8) is 0 Å². The van der Waals surface area contributed by atoms with Crippen LogP contribution in [-0.4, -0.2) is 20.9 Å². The molecule has 4 nitrogen and oxygen atoms in total. The molecular formula is C11H11F3N2O2S. The Bertz CT molecular complexity index is 615. The number of carboxylic acid groups (broad SMARTS) is 1. The van der Waals surface area contributed by atoms with Crippen molar-refractivity contribution < 1.29 is 23.1 Å². The van der Waals surface area contributed by atoms with Crippen LogP contribution in [-0.2, 0) is 12.7 Å². The van der Waals surface area contributed by atoms with Crippen LogP contribution in [0.2, 0.25) is 0 Å². The molecule has 0 atom stereocenters. The van der Waals surface area contributed by atoms with Crippen LogP contribution in [0.3, 0.4) is 0 Å². The van der Waals surface area contributed by atoms with Crippen molar-refractivity contribution in [3.8, 4) is 0 Å². The summed E-state index contributed by atoms with van der Waals surface area (Å²) in [4.78, 5) is 11.0. The minimum atomic E-state index is -4.58. The van der Waals surface area contributed by atoms with E-state index in [0.29, 0.717) is 13.0 Å². The summed E-state index contributed by atoms with van der Waals surface area (Å²) in [5, 5.41) is 12.3. The third-order valence-corrected chi connectivity index (χ3v) is 3.76. The monoisotopic (exact) mass is 292 g/mol. The van der Waals surface area contributed by atoms with E-state index in [1.165, 1.54) is 4.68 Å². The summed E-state index contributed by atoms with van der Waals surface area (Å²) >= 11 is 0.820. The number of nitrogens with zero attached hydrogens (tertiary/aromatic N) is 2. The number of fused-ring (bicyclic) bond motifs is 1. The summed E-state index contributed by atoms with van der Waals surface area (Å²) in [6.45, 7) is 2.27. The van der Waals surface area contributed by atoms with Crippen molar-refractivity contribution in [2.45, 2.75) is 32.5 Å². The summed E-state index contributed by atoms with van der Waals surface area (Å²) in [6, 6.07) is 1.04. The molecule has 2 heterocycles. The molecule has 0 radical (unpaired) electrons. The average molecular weight is 292 g/mol. The highest BCUT2D eigenvalue weighted by molar-refractivity contribution is 7.20. The standard InChI is InChI=1S/C11H11F3N2O2S/c1-2-3-4-16-9-6(5-7(19-9)10(17)18)8(15-16)11(12,13)14/h5H,2-4H2,1H3,(H,17,18). The van der Waals surface area contributed by atoms with Gasteiger partial charge in [-0.25, -0.2) is 4.79 Å². The van der Waals surface area contributed by atoms with Crippen molar-refractivity contribution in [1.29, 1.82) is 0 Å². The van der Waals surface area contributed by atoms with Gasteiger partial charge < -0.3 is 5.11 Å². The summed E-state index contributed by atoms with van der Waals surface area (Å²) in [7, 11) is 0. The van der Waals surface area contributed by atoms with Crippen LogP contribution in [0.5, 0.6) is 0 Å². The first-order chi connectivity index (χ1) is 8.84. The van der Waals surface area contributed by atoms with E-state index in [0.717, 1.165) is 23.8 Å². The molecule has 1 N–H and O–H groups in total. The first-order valence-electron chi connectivity index (χ1n) is 5.65. The van der Waals surface area contributed by atoms with Gasteiger partial charge in [0.1, 0.15) is 9.71 Å². The third kappa shape index (κ3) is 2.58. The largest absolute Gasteiger partial charge is 0.477 e. The SMILES string of the molecule is CCCCn1nc(C(F)(F)F)c2cc(C(=O)O)sc21. The molecule has 0 unspecified atom stereocenters. The maximum absolute atomic E-state index is 12.8. The van der Waals surface area contributed by atoms with Gasteiger partial charge in [0.2, 0.25) is 0 Å². The van der Waals surface area contributed by atoms with E-state index in [9.17, 15) is 18.0 Å². The number of aromatic nitrogens is 2. The quantitative estimate of drug-likeness (QED) is 0.936. The highest BCUT2D eigenvalue weighted by Gasteiger charge is 2.37. The zero-order valence-corrected chi connectivity index (χ0v) is 10.8. The molecular weight excluding hydrogens is 281 g/mol. The maximum atomic E-state index is 12.8. The van der Waals surface area contributed by atoms with E-state index in [-0.39, 0.29) is 15.1 Å². The predicted octanol–water partition coefficient (Wildman–Crippen LogP) is 3.61. The number of thiophene rings is 1. The zero-order valence-electron chi connectivity index (χ0n) is 9.99. The van der Waals surface area contributed by atoms with Crippen LogP contribution in [0.4, 0.5) is 13.2 Å². The van der Waals surface area contributed by atoms with Crippen LogP contribution in [0.25, 0.3) is 10.2 Å². The van der Waals surface area contributed by atoms with Gasteiger partial charge in [0.25, 0.3) is 0 Å². The van der Waals surface area contributed by atoms with Gasteiger partial charge in [-0.3, -0.25) is 4.68 Å². The van der Waals surface area contributed by atoms with Crippen LogP contribution in [0.1, 0.15) is 35.1 Å². The molecule has 0 aliphatic rings. The molecule has 0 aliphatic carbocycles. The van der Waals surface area contributed by atoms with Gasteiger partial charge in [0, 0.05) is 11.9 Å². The van der Waals surface area contributed by atoms with Crippen LogP contribution < -0.4 is 0 Å². The van der Waals surface area contributed by atoms with E-state index < -0.39 is 17.8 Å². The first-order valence-corrected chi connectivity index (χ1v) is 6.47. The normalized spacial score (nSPS) is 12.2. The highest BCUT2D eigenvalue weighted by atomic mass is 32.1. The Hall–Kier alpha value is -1.57. The fourth-order valence-corrected chi connectivity index (χ4v) is 2.71. The Balaban J connectivity index is 2.59. The first kappa shape index (κ1) is 13.9. The maximum Gasteiger partial charge on any atom is 0.435 e. The lowest BCUT2D eigenvalue weighted by Crippen LogP contribution is -2.08. The van der Waals surface area contributed by atoms with E-state index in [1.54, 1.807) is 0 Å². The van der Waals surface area contributed by atoms with Crippen LogP contribution in [0.15, 0.2) is 6.07 Å². The fourth-order valence-electron chi connectivity index (χ4n) is 1.74. The highest BCUT2D eigenvalue weighted by Crippen LogP contribution is 2.37. The Labute approximate surface area is 110 Å². The average Bonchev–Trinajstić information content (AvgIpc) is 2.83. The molecule has 2 rings (SSSR count). The second-order valence-corrected chi connectivity index (χ2v) is 5.09. The van der Waals surface area contributed by atoms with Gasteiger partial charge in [-0.1, -0.05) is 13.3 Å². The van der Waals surface area contributed by atoms with Gasteiger partial charge >= 0.3 is 12.1 Å². The number of aryl methyl sites for hydroxylation is 1. The molecule has 0 bridgehead atoms. The van der Waals surface area contributed by atoms with Gasteiger partial charge in [0.05, 0.1) is 0 Å². The van der Waals surface area contributed by atoms with Gasteiger partial charge in [-0.05, 0) is 12.5 Å². The lowest BCUT2D eigenvalue weighted by Gasteiger charge is -2.02. The lowest BCUT2D eigenvalue weighted by atomic mass is 10.3. The summed E-state index contributed by atoms with van der Waals surface area (Å²) in [6.07, 6.45) is -3.07. The second kappa shape index (κ2) is 4.84. The zero-order chi connectivity index (χ0) is 14.2. The number of hydrogen-bond acceptors (Lipinski definition) is 3. The molecule has 0 saturated carbocycles. The van der Waals surface area contributed by atoms with Crippen molar-refractivity contribution in [2.75, 3.05) is 0 Å². The van der Waals surface area contributed by atoms with Gasteiger partial charge in [-0.15, -0.1) is 11.3 Å². The second-order valence-electron chi connectivity index (χ2n) is 4.06. The number of rotatable bonds is 4. The molecule has 0 fully saturated rings. The molecule has 2 aromatic heterocycles. The lowest BCUT2D eigenvalue weighted by molar-refractivity contribution is -0.140. The Morgan fingerprint density at radius 3 is 2.74 bits per heavy atom. The number of carbonyl (C=O) groups is 1. The fraction of sp³-hybridized carbons (Fsp3) is 0.455. The van der Waals surface area contributed by atoms with E-state index in [1.807, 2.05) is 6.92 Å². The van der Waals surface area contributed by atoms with Crippen molar-refractivity contribution in [2.24, 2.45) is 0 Å².